The molecule has 0 aliphatic heterocycles. The SMILES string of the molecule is C=Cc1ccc(OC(=O)c2ccc(OCCCCCCOOC(=C)C)cc2)cc1O. The Kier molecular flexibility index (Phi) is 9.48. The zero-order chi connectivity index (χ0) is 21.8. The number of carbonyl (C=O) groups excluding carboxylic acids is 1. The molecular weight excluding hydrogens is 384 g/mol. The van der Waals surface area contributed by atoms with Gasteiger partial charge in [0.2, 0.25) is 0 Å². The maximum absolute atomic E-state index is 12.2. The summed E-state index contributed by atoms with van der Waals surface area (Å²) in [5.74, 6) is 0.999. The van der Waals surface area contributed by atoms with Gasteiger partial charge in [0, 0.05) is 11.6 Å². The van der Waals surface area contributed by atoms with Gasteiger partial charge in [0.25, 0.3) is 0 Å². The first-order valence-corrected chi connectivity index (χ1v) is 9.85. The van der Waals surface area contributed by atoms with E-state index in [2.05, 4.69) is 13.2 Å². The molecule has 2 aromatic carbocycles. The number of ether oxygens (including phenoxy) is 2. The lowest BCUT2D eigenvalue weighted by molar-refractivity contribution is -0.261. The van der Waals surface area contributed by atoms with Gasteiger partial charge in [-0.05, 0) is 62.6 Å². The van der Waals surface area contributed by atoms with E-state index >= 15 is 0 Å². The smallest absolute Gasteiger partial charge is 0.343 e. The lowest BCUT2D eigenvalue weighted by atomic mass is 10.2. The third-order valence-corrected chi connectivity index (χ3v) is 4.11. The van der Waals surface area contributed by atoms with Gasteiger partial charge in [0.15, 0.2) is 0 Å². The molecule has 0 saturated heterocycles. The lowest BCUT2D eigenvalue weighted by Crippen LogP contribution is -2.08. The normalized spacial score (nSPS) is 10.3. The second-order valence-corrected chi connectivity index (χ2v) is 6.71. The fraction of sp³-hybridized carbons (Fsp3) is 0.292. The van der Waals surface area contributed by atoms with Crippen molar-refractivity contribution in [1.82, 2.24) is 0 Å². The van der Waals surface area contributed by atoms with Crippen molar-refractivity contribution in [3.8, 4) is 17.2 Å². The fourth-order valence-corrected chi connectivity index (χ4v) is 2.56. The summed E-state index contributed by atoms with van der Waals surface area (Å²) in [7, 11) is 0. The number of hydrogen-bond donors (Lipinski definition) is 1. The monoisotopic (exact) mass is 412 g/mol. The van der Waals surface area contributed by atoms with E-state index in [0.717, 1.165) is 25.7 Å². The molecule has 2 rings (SSSR count). The third-order valence-electron chi connectivity index (χ3n) is 4.11. The van der Waals surface area contributed by atoms with Crippen LogP contribution in [0.5, 0.6) is 17.2 Å². The zero-order valence-electron chi connectivity index (χ0n) is 17.3. The van der Waals surface area contributed by atoms with E-state index in [1.54, 1.807) is 43.3 Å². The molecule has 0 bridgehead atoms. The second-order valence-electron chi connectivity index (χ2n) is 6.71. The lowest BCUT2D eigenvalue weighted by Gasteiger charge is -2.08. The number of rotatable bonds is 13. The quantitative estimate of drug-likeness (QED) is 0.114. The molecule has 0 aliphatic carbocycles. The summed E-state index contributed by atoms with van der Waals surface area (Å²) in [5.41, 5.74) is 0.966. The maximum Gasteiger partial charge on any atom is 0.343 e. The van der Waals surface area contributed by atoms with Crippen molar-refractivity contribution in [2.24, 2.45) is 0 Å². The van der Waals surface area contributed by atoms with Crippen LogP contribution in [0.2, 0.25) is 0 Å². The number of benzene rings is 2. The van der Waals surface area contributed by atoms with Gasteiger partial charge in [0.05, 0.1) is 18.8 Å². The van der Waals surface area contributed by atoms with E-state index in [0.29, 0.717) is 35.8 Å². The summed E-state index contributed by atoms with van der Waals surface area (Å²) in [6, 6.07) is 11.4. The van der Waals surface area contributed by atoms with E-state index in [9.17, 15) is 9.90 Å². The highest BCUT2D eigenvalue weighted by Crippen LogP contribution is 2.25. The highest BCUT2D eigenvalue weighted by molar-refractivity contribution is 5.91. The van der Waals surface area contributed by atoms with Gasteiger partial charge < -0.3 is 19.5 Å². The van der Waals surface area contributed by atoms with Crippen molar-refractivity contribution >= 4 is 12.0 Å². The Balaban J connectivity index is 1.68. The Morgan fingerprint density at radius 1 is 1.00 bits per heavy atom. The number of phenols is 1. The summed E-state index contributed by atoms with van der Waals surface area (Å²) < 4.78 is 11.0. The first-order valence-electron chi connectivity index (χ1n) is 9.85. The van der Waals surface area contributed by atoms with Gasteiger partial charge in [0.1, 0.15) is 23.0 Å². The van der Waals surface area contributed by atoms with Crippen LogP contribution < -0.4 is 9.47 Å². The topological polar surface area (TPSA) is 74.2 Å². The van der Waals surface area contributed by atoms with Crippen molar-refractivity contribution in [2.45, 2.75) is 32.6 Å². The average Bonchev–Trinajstić information content (AvgIpc) is 2.73. The molecule has 0 fully saturated rings. The maximum atomic E-state index is 12.2. The van der Waals surface area contributed by atoms with Crippen molar-refractivity contribution in [3.05, 3.63) is 72.5 Å². The van der Waals surface area contributed by atoms with E-state index in [4.69, 9.17) is 19.2 Å². The summed E-state index contributed by atoms with van der Waals surface area (Å²) in [5, 5.41) is 9.81. The molecule has 0 unspecified atom stereocenters. The van der Waals surface area contributed by atoms with Crippen LogP contribution >= 0.6 is 0 Å². The number of phenolic OH excluding ortho intramolecular Hbond substituents is 1. The zero-order valence-corrected chi connectivity index (χ0v) is 17.3. The molecule has 0 aromatic heterocycles. The average molecular weight is 412 g/mol. The molecule has 0 atom stereocenters. The number of carbonyl (C=O) groups is 1. The van der Waals surface area contributed by atoms with Crippen molar-refractivity contribution in [3.63, 3.8) is 0 Å². The van der Waals surface area contributed by atoms with Gasteiger partial charge in [-0.25, -0.2) is 4.79 Å². The molecule has 30 heavy (non-hydrogen) atoms. The van der Waals surface area contributed by atoms with Crippen LogP contribution in [0.15, 0.2) is 61.4 Å². The van der Waals surface area contributed by atoms with E-state index in [1.165, 1.54) is 12.1 Å². The molecule has 0 spiro atoms. The van der Waals surface area contributed by atoms with Crippen molar-refractivity contribution < 1.29 is 29.1 Å². The van der Waals surface area contributed by atoms with Crippen molar-refractivity contribution in [2.75, 3.05) is 13.2 Å². The molecule has 0 heterocycles. The summed E-state index contributed by atoms with van der Waals surface area (Å²) in [6.45, 7) is 10.1. The predicted molar refractivity (Wildman–Crippen MR) is 115 cm³/mol. The first kappa shape index (κ1) is 23.0. The highest BCUT2D eigenvalue weighted by atomic mass is 17.2. The minimum atomic E-state index is -0.509. The summed E-state index contributed by atoms with van der Waals surface area (Å²) >= 11 is 0. The van der Waals surface area contributed by atoms with Crippen LogP contribution in [0.4, 0.5) is 0 Å². The largest absolute Gasteiger partial charge is 0.507 e. The third kappa shape index (κ3) is 8.01. The van der Waals surface area contributed by atoms with Gasteiger partial charge in [-0.15, -0.1) is 0 Å². The molecule has 0 amide bonds. The van der Waals surface area contributed by atoms with Gasteiger partial charge in [-0.3, -0.25) is 0 Å². The Morgan fingerprint density at radius 3 is 2.30 bits per heavy atom. The first-order chi connectivity index (χ1) is 14.5. The molecule has 0 aliphatic rings. The Labute approximate surface area is 177 Å². The predicted octanol–water partition coefficient (Wildman–Crippen LogP) is 5.68. The minimum absolute atomic E-state index is 0.00627. The molecule has 160 valence electrons. The summed E-state index contributed by atoms with van der Waals surface area (Å²) in [4.78, 5) is 22.1. The van der Waals surface area contributed by atoms with E-state index in [-0.39, 0.29) is 11.5 Å². The molecule has 1 N–H and O–H groups in total. The second kappa shape index (κ2) is 12.3. The van der Waals surface area contributed by atoms with Crippen LogP contribution in [0.1, 0.15) is 48.5 Å². The number of hydrogen-bond acceptors (Lipinski definition) is 6. The van der Waals surface area contributed by atoms with Crippen LogP contribution in [-0.4, -0.2) is 24.3 Å². The molecule has 6 heteroatoms. The number of esters is 1. The molecule has 6 nitrogen and oxygen atoms in total. The molecule has 0 radical (unpaired) electrons. The Bertz CT molecular complexity index is 841. The number of allylic oxidation sites excluding steroid dienone is 1. The van der Waals surface area contributed by atoms with E-state index in [1.807, 2.05) is 0 Å². The number of aromatic hydroxyl groups is 1. The van der Waals surface area contributed by atoms with Gasteiger partial charge in [-0.1, -0.05) is 25.7 Å². The standard InChI is InChI=1S/C24H28O6/c1-4-19-9-14-22(17-23(19)25)29-24(26)20-10-12-21(13-11-20)27-15-7-5-6-8-16-28-30-18(2)3/h4,9-14,17,25H,1-2,5-8,15-16H2,3H3. The number of unbranched alkanes of at least 4 members (excludes halogenated alkanes) is 3. The Hall–Kier alpha value is -3.25. The molecular formula is C24H28O6. The summed E-state index contributed by atoms with van der Waals surface area (Å²) in [6.07, 6.45) is 5.41. The van der Waals surface area contributed by atoms with Crippen molar-refractivity contribution in [1.29, 1.82) is 0 Å². The highest BCUT2D eigenvalue weighted by Gasteiger charge is 2.10. The van der Waals surface area contributed by atoms with Crippen LogP contribution in [0, 0.1) is 0 Å². The molecule has 0 saturated carbocycles. The van der Waals surface area contributed by atoms with Crippen LogP contribution in [0.25, 0.3) is 6.08 Å². The van der Waals surface area contributed by atoms with Crippen LogP contribution in [0.3, 0.4) is 0 Å². The van der Waals surface area contributed by atoms with Gasteiger partial charge >= 0.3 is 5.97 Å². The van der Waals surface area contributed by atoms with Crippen LogP contribution in [-0.2, 0) is 9.78 Å². The fourth-order valence-electron chi connectivity index (χ4n) is 2.56. The van der Waals surface area contributed by atoms with E-state index < -0.39 is 5.97 Å². The van der Waals surface area contributed by atoms with Gasteiger partial charge in [-0.2, -0.15) is 4.89 Å². The molecule has 2 aromatic rings. The Morgan fingerprint density at radius 2 is 1.67 bits per heavy atom. The minimum Gasteiger partial charge on any atom is -0.507 e.